The minimum atomic E-state index is -0.127. The van der Waals surface area contributed by atoms with E-state index in [1.54, 1.807) is 0 Å². The molecule has 0 radical (unpaired) electrons. The molecule has 2 aliphatic rings. The predicted octanol–water partition coefficient (Wildman–Crippen LogP) is 2.17. The van der Waals surface area contributed by atoms with Crippen LogP contribution in [0.25, 0.3) is 0 Å². The standard InChI is InChI=1S/C16H29N3O2/c1-3-17-15(18-11-5-4-7-14(20)21-2)19-12-10-16(13-19)8-6-9-16/h3-13H2,1-2H3,(H,17,18). The minimum absolute atomic E-state index is 0.127. The molecule has 21 heavy (non-hydrogen) atoms. The van der Waals surface area contributed by atoms with Gasteiger partial charge in [-0.2, -0.15) is 0 Å². The van der Waals surface area contributed by atoms with E-state index in [-0.39, 0.29) is 5.97 Å². The molecule has 0 amide bonds. The predicted molar refractivity (Wildman–Crippen MR) is 84.3 cm³/mol. The second-order valence-corrected chi connectivity index (χ2v) is 6.29. The lowest BCUT2D eigenvalue weighted by Gasteiger charge is -2.38. The number of unbranched alkanes of at least 4 members (excludes halogenated alkanes) is 1. The number of hydrogen-bond donors (Lipinski definition) is 1. The van der Waals surface area contributed by atoms with Crippen molar-refractivity contribution in [2.24, 2.45) is 10.4 Å². The SMILES string of the molecule is CCNC(=NCCCCC(=O)OC)N1CCC2(CCC2)C1. The molecule has 1 saturated carbocycles. The molecule has 2 rings (SSSR count). The highest BCUT2D eigenvalue weighted by Gasteiger charge is 2.43. The molecule has 1 saturated heterocycles. The highest BCUT2D eigenvalue weighted by molar-refractivity contribution is 5.80. The first kappa shape index (κ1) is 16.1. The van der Waals surface area contributed by atoms with Crippen LogP contribution in [0.15, 0.2) is 4.99 Å². The van der Waals surface area contributed by atoms with Gasteiger partial charge in [0.15, 0.2) is 5.96 Å². The molecule has 1 aliphatic heterocycles. The molecule has 1 spiro atoms. The number of likely N-dealkylation sites (tertiary alicyclic amines) is 1. The number of guanidine groups is 1. The van der Waals surface area contributed by atoms with E-state index in [0.717, 1.165) is 38.4 Å². The van der Waals surface area contributed by atoms with Crippen molar-refractivity contribution in [1.29, 1.82) is 0 Å². The van der Waals surface area contributed by atoms with E-state index in [1.165, 1.54) is 39.3 Å². The molecule has 1 heterocycles. The molecular formula is C16H29N3O2. The second kappa shape index (κ2) is 7.66. The van der Waals surface area contributed by atoms with Crippen LogP contribution in [0.1, 0.15) is 51.9 Å². The molecule has 0 aromatic rings. The molecule has 1 aliphatic carbocycles. The van der Waals surface area contributed by atoms with Gasteiger partial charge in [0.1, 0.15) is 0 Å². The molecule has 5 heteroatoms. The summed E-state index contributed by atoms with van der Waals surface area (Å²) < 4.78 is 4.64. The van der Waals surface area contributed by atoms with E-state index in [1.807, 2.05) is 0 Å². The Morgan fingerprint density at radius 1 is 1.33 bits per heavy atom. The van der Waals surface area contributed by atoms with Gasteiger partial charge in [-0.05, 0) is 44.4 Å². The molecule has 5 nitrogen and oxygen atoms in total. The average molecular weight is 295 g/mol. The van der Waals surface area contributed by atoms with Crippen LogP contribution >= 0.6 is 0 Å². The van der Waals surface area contributed by atoms with Crippen LogP contribution in [0.3, 0.4) is 0 Å². The Morgan fingerprint density at radius 3 is 2.71 bits per heavy atom. The van der Waals surface area contributed by atoms with Crippen molar-refractivity contribution < 1.29 is 9.53 Å². The molecule has 2 fully saturated rings. The lowest BCUT2D eigenvalue weighted by atomic mass is 9.68. The van der Waals surface area contributed by atoms with E-state index in [4.69, 9.17) is 4.99 Å². The van der Waals surface area contributed by atoms with Gasteiger partial charge in [-0.3, -0.25) is 9.79 Å². The van der Waals surface area contributed by atoms with Crippen LogP contribution in [0.4, 0.5) is 0 Å². The minimum Gasteiger partial charge on any atom is -0.469 e. The summed E-state index contributed by atoms with van der Waals surface area (Å²) in [6.07, 6.45) is 7.77. The largest absolute Gasteiger partial charge is 0.469 e. The van der Waals surface area contributed by atoms with E-state index >= 15 is 0 Å². The van der Waals surface area contributed by atoms with Crippen LogP contribution in [0.2, 0.25) is 0 Å². The number of ether oxygens (including phenoxy) is 1. The van der Waals surface area contributed by atoms with Crippen molar-refractivity contribution in [1.82, 2.24) is 10.2 Å². The molecule has 0 unspecified atom stereocenters. The van der Waals surface area contributed by atoms with E-state index in [2.05, 4.69) is 21.9 Å². The van der Waals surface area contributed by atoms with Gasteiger partial charge in [0.05, 0.1) is 7.11 Å². The van der Waals surface area contributed by atoms with E-state index in [9.17, 15) is 4.79 Å². The number of carbonyl (C=O) groups is 1. The lowest BCUT2D eigenvalue weighted by molar-refractivity contribution is -0.140. The van der Waals surface area contributed by atoms with Gasteiger partial charge in [-0.1, -0.05) is 6.42 Å². The number of hydrogen-bond acceptors (Lipinski definition) is 3. The molecule has 0 bridgehead atoms. The number of rotatable bonds is 6. The summed E-state index contributed by atoms with van der Waals surface area (Å²) in [5.41, 5.74) is 0.598. The summed E-state index contributed by atoms with van der Waals surface area (Å²) in [4.78, 5) is 18.2. The van der Waals surface area contributed by atoms with Crippen molar-refractivity contribution >= 4 is 11.9 Å². The fourth-order valence-electron chi connectivity index (χ4n) is 3.29. The zero-order chi connectivity index (χ0) is 15.1. The van der Waals surface area contributed by atoms with Crippen LogP contribution < -0.4 is 5.32 Å². The Hall–Kier alpha value is -1.26. The summed E-state index contributed by atoms with van der Waals surface area (Å²) in [5, 5.41) is 3.41. The first-order valence-corrected chi connectivity index (χ1v) is 8.29. The van der Waals surface area contributed by atoms with Crippen LogP contribution in [-0.4, -0.2) is 50.1 Å². The number of aliphatic imine (C=N–C) groups is 1. The van der Waals surface area contributed by atoms with Crippen molar-refractivity contribution in [2.45, 2.75) is 51.9 Å². The quantitative estimate of drug-likeness (QED) is 0.353. The lowest BCUT2D eigenvalue weighted by Crippen LogP contribution is -2.42. The Balaban J connectivity index is 1.75. The monoisotopic (exact) mass is 295 g/mol. The third-order valence-corrected chi connectivity index (χ3v) is 4.77. The number of nitrogens with one attached hydrogen (secondary N) is 1. The number of carbonyl (C=O) groups excluding carboxylic acids is 1. The molecular weight excluding hydrogens is 266 g/mol. The summed E-state index contributed by atoms with van der Waals surface area (Å²) in [6, 6.07) is 0. The van der Waals surface area contributed by atoms with Crippen LogP contribution in [0.5, 0.6) is 0 Å². The Morgan fingerprint density at radius 2 is 2.14 bits per heavy atom. The van der Waals surface area contributed by atoms with Gasteiger partial charge in [0, 0.05) is 32.6 Å². The number of methoxy groups -OCH3 is 1. The maximum absolute atomic E-state index is 11.1. The van der Waals surface area contributed by atoms with Gasteiger partial charge < -0.3 is 15.0 Å². The fourth-order valence-corrected chi connectivity index (χ4v) is 3.29. The number of esters is 1. The normalized spacial score (nSPS) is 20.5. The first-order chi connectivity index (χ1) is 10.2. The van der Waals surface area contributed by atoms with Crippen LogP contribution in [-0.2, 0) is 9.53 Å². The Labute approximate surface area is 128 Å². The van der Waals surface area contributed by atoms with Gasteiger partial charge in [0.2, 0.25) is 0 Å². The van der Waals surface area contributed by atoms with E-state index in [0.29, 0.717) is 11.8 Å². The highest BCUT2D eigenvalue weighted by atomic mass is 16.5. The van der Waals surface area contributed by atoms with Crippen molar-refractivity contribution in [3.63, 3.8) is 0 Å². The molecule has 0 aromatic carbocycles. The number of nitrogens with zero attached hydrogens (tertiary/aromatic N) is 2. The summed E-state index contributed by atoms with van der Waals surface area (Å²) in [5.74, 6) is 0.927. The van der Waals surface area contributed by atoms with Crippen molar-refractivity contribution in [3.05, 3.63) is 0 Å². The molecule has 120 valence electrons. The topological polar surface area (TPSA) is 53.9 Å². The maximum Gasteiger partial charge on any atom is 0.305 e. The van der Waals surface area contributed by atoms with E-state index < -0.39 is 0 Å². The van der Waals surface area contributed by atoms with Crippen molar-refractivity contribution in [3.8, 4) is 0 Å². The molecule has 1 N–H and O–H groups in total. The summed E-state index contributed by atoms with van der Waals surface area (Å²) in [6.45, 7) is 6.10. The van der Waals surface area contributed by atoms with Crippen molar-refractivity contribution in [2.75, 3.05) is 33.3 Å². The average Bonchev–Trinajstić information content (AvgIpc) is 2.91. The fraction of sp³-hybridized carbons (Fsp3) is 0.875. The second-order valence-electron chi connectivity index (χ2n) is 6.29. The summed E-state index contributed by atoms with van der Waals surface area (Å²) in [7, 11) is 1.44. The Kier molecular flexibility index (Phi) is 5.88. The molecule has 0 atom stereocenters. The van der Waals surface area contributed by atoms with Gasteiger partial charge in [-0.25, -0.2) is 0 Å². The zero-order valence-electron chi connectivity index (χ0n) is 13.5. The third-order valence-electron chi connectivity index (χ3n) is 4.77. The highest BCUT2D eigenvalue weighted by Crippen LogP contribution is 2.47. The molecule has 0 aromatic heterocycles. The first-order valence-electron chi connectivity index (χ1n) is 8.29. The van der Waals surface area contributed by atoms with Crippen LogP contribution in [0, 0.1) is 5.41 Å². The van der Waals surface area contributed by atoms with Gasteiger partial charge >= 0.3 is 5.97 Å². The van der Waals surface area contributed by atoms with Gasteiger partial charge in [-0.15, -0.1) is 0 Å². The maximum atomic E-state index is 11.1. The smallest absolute Gasteiger partial charge is 0.305 e. The zero-order valence-corrected chi connectivity index (χ0v) is 13.5. The summed E-state index contributed by atoms with van der Waals surface area (Å²) >= 11 is 0. The Bertz CT molecular complexity index is 378. The third kappa shape index (κ3) is 4.35. The van der Waals surface area contributed by atoms with Gasteiger partial charge in [0.25, 0.3) is 0 Å².